The highest BCUT2D eigenvalue weighted by Crippen LogP contribution is 2.35. The van der Waals surface area contributed by atoms with Crippen molar-refractivity contribution < 1.29 is 24.0 Å². The summed E-state index contributed by atoms with van der Waals surface area (Å²) in [7, 11) is 1.43. The van der Waals surface area contributed by atoms with Crippen LogP contribution in [0.15, 0.2) is 22.8 Å². The summed E-state index contributed by atoms with van der Waals surface area (Å²) in [5.74, 6) is 1.32. The average molecular weight is 377 g/mol. The average Bonchev–Trinajstić information content (AvgIpc) is 3.35. The van der Waals surface area contributed by atoms with Crippen LogP contribution in [-0.2, 0) is 9.53 Å². The first-order chi connectivity index (χ1) is 12.6. The van der Waals surface area contributed by atoms with Crippen molar-refractivity contribution in [2.75, 3.05) is 20.2 Å². The Morgan fingerprint density at radius 2 is 2.27 bits per heavy atom. The van der Waals surface area contributed by atoms with Gasteiger partial charge in [-0.3, -0.25) is 4.79 Å². The predicted molar refractivity (Wildman–Crippen MR) is 93.3 cm³/mol. The summed E-state index contributed by atoms with van der Waals surface area (Å²) in [4.78, 5) is 18.9. The number of hydrogen-bond acceptors (Lipinski definition) is 7. The number of aromatic hydroxyl groups is 1. The number of carbonyl (C=O) groups is 1. The molecule has 1 atom stereocenters. The number of nitrogens with one attached hydrogen (secondary N) is 1. The monoisotopic (exact) mass is 377 g/mol. The third-order valence-electron chi connectivity index (χ3n) is 4.97. The van der Waals surface area contributed by atoms with Crippen molar-refractivity contribution in [1.82, 2.24) is 14.6 Å². The van der Waals surface area contributed by atoms with Crippen LogP contribution >= 0.6 is 11.3 Å². The lowest BCUT2D eigenvalue weighted by atomic mass is 9.95. The van der Waals surface area contributed by atoms with Gasteiger partial charge in [0.25, 0.3) is 0 Å². The van der Waals surface area contributed by atoms with Gasteiger partial charge in [0.15, 0.2) is 11.8 Å². The molecule has 0 radical (unpaired) electrons. The highest BCUT2D eigenvalue weighted by atomic mass is 32.1. The zero-order valence-corrected chi connectivity index (χ0v) is 15.5. The Hall–Kier alpha value is -2.39. The highest BCUT2D eigenvalue weighted by molar-refractivity contribution is 7.17. The Balaban J connectivity index is 1.66. The second-order valence-electron chi connectivity index (χ2n) is 6.55. The van der Waals surface area contributed by atoms with Gasteiger partial charge in [0.05, 0.1) is 32.4 Å². The van der Waals surface area contributed by atoms with E-state index in [4.69, 9.17) is 9.15 Å². The number of rotatable bonds is 4. The number of carbonyl (C=O) groups excluding carboxylic acids is 1. The molecule has 0 bridgehead atoms. The maximum atomic E-state index is 11.8. The standard InChI is InChI=1S/C17H20N4O4S/c1-10-18-17-21(19-10)15(22)14(26-17)13(12-4-3-9-25-12)20-7-5-11(6-8-20)16(23)24-2/h3-4,9,11,13,22H,5-8H2,1-2H3/p+1/t13-/m0/s1. The van der Waals surface area contributed by atoms with E-state index in [0.29, 0.717) is 10.8 Å². The number of thiazole rings is 1. The number of hydrogen-bond donors (Lipinski definition) is 2. The maximum Gasteiger partial charge on any atom is 0.309 e. The number of likely N-dealkylation sites (tertiary alicyclic amines) is 1. The van der Waals surface area contributed by atoms with Crippen molar-refractivity contribution >= 4 is 22.3 Å². The Labute approximate surface area is 154 Å². The van der Waals surface area contributed by atoms with Crippen LogP contribution in [0.5, 0.6) is 5.88 Å². The fourth-order valence-corrected chi connectivity index (χ4v) is 4.85. The highest BCUT2D eigenvalue weighted by Gasteiger charge is 2.38. The first-order valence-electron chi connectivity index (χ1n) is 8.59. The van der Waals surface area contributed by atoms with Gasteiger partial charge in [-0.1, -0.05) is 11.3 Å². The molecule has 1 aliphatic rings. The minimum absolute atomic E-state index is 0.0560. The number of piperidine rings is 1. The normalized spacial score (nSPS) is 21.8. The molecule has 0 aromatic carbocycles. The SMILES string of the molecule is COC(=O)C1CC[NH+]([C@@H](c2ccco2)c2sc3nc(C)nn3c2O)CC1. The van der Waals surface area contributed by atoms with Crippen molar-refractivity contribution in [1.29, 1.82) is 0 Å². The third-order valence-corrected chi connectivity index (χ3v) is 6.05. The lowest BCUT2D eigenvalue weighted by Gasteiger charge is -2.32. The van der Waals surface area contributed by atoms with Crippen molar-refractivity contribution in [3.05, 3.63) is 34.9 Å². The van der Waals surface area contributed by atoms with Gasteiger partial charge in [0, 0.05) is 12.8 Å². The van der Waals surface area contributed by atoms with Crippen LogP contribution < -0.4 is 4.90 Å². The number of quaternary nitrogens is 1. The van der Waals surface area contributed by atoms with E-state index in [1.165, 1.54) is 27.9 Å². The Morgan fingerprint density at radius 3 is 2.88 bits per heavy atom. The number of methoxy groups -OCH3 is 1. The van der Waals surface area contributed by atoms with Gasteiger partial charge in [0.1, 0.15) is 10.7 Å². The number of nitrogens with zero attached hydrogens (tertiary/aromatic N) is 3. The first kappa shape index (κ1) is 17.0. The van der Waals surface area contributed by atoms with Gasteiger partial charge in [-0.05, 0) is 19.1 Å². The molecule has 3 aromatic heterocycles. The maximum absolute atomic E-state index is 11.8. The summed E-state index contributed by atoms with van der Waals surface area (Å²) in [6.07, 6.45) is 3.14. The minimum atomic E-state index is -0.155. The van der Waals surface area contributed by atoms with Gasteiger partial charge in [-0.25, -0.2) is 4.98 Å². The number of fused-ring (bicyclic) bond motifs is 1. The molecule has 0 amide bonds. The smallest absolute Gasteiger partial charge is 0.309 e. The second kappa shape index (κ2) is 6.73. The van der Waals surface area contributed by atoms with E-state index in [-0.39, 0.29) is 23.8 Å². The molecule has 9 heteroatoms. The summed E-state index contributed by atoms with van der Waals surface area (Å²) in [5, 5.41) is 15.0. The summed E-state index contributed by atoms with van der Waals surface area (Å²) >= 11 is 1.42. The van der Waals surface area contributed by atoms with E-state index >= 15 is 0 Å². The van der Waals surface area contributed by atoms with Crippen LogP contribution in [-0.4, -0.2) is 45.9 Å². The molecule has 8 nitrogen and oxygen atoms in total. The zero-order valence-electron chi connectivity index (χ0n) is 14.6. The van der Waals surface area contributed by atoms with Crippen molar-refractivity contribution in [2.45, 2.75) is 25.8 Å². The molecule has 0 aliphatic carbocycles. The number of furan rings is 1. The molecule has 3 aromatic rings. The number of aryl methyl sites for hydroxylation is 1. The van der Waals surface area contributed by atoms with Crippen molar-refractivity contribution in [3.63, 3.8) is 0 Å². The van der Waals surface area contributed by atoms with Crippen molar-refractivity contribution in [2.24, 2.45) is 5.92 Å². The lowest BCUT2D eigenvalue weighted by molar-refractivity contribution is -0.931. The summed E-state index contributed by atoms with van der Waals surface area (Å²) in [6.45, 7) is 3.38. The van der Waals surface area contributed by atoms with Crippen LogP contribution in [0, 0.1) is 12.8 Å². The minimum Gasteiger partial charge on any atom is -0.492 e. The lowest BCUT2D eigenvalue weighted by Crippen LogP contribution is -3.13. The van der Waals surface area contributed by atoms with Gasteiger partial charge < -0.3 is 19.2 Å². The van der Waals surface area contributed by atoms with Gasteiger partial charge in [-0.15, -0.1) is 5.10 Å². The molecule has 2 N–H and O–H groups in total. The Kier molecular flexibility index (Phi) is 4.41. The van der Waals surface area contributed by atoms with E-state index in [2.05, 4.69) is 10.1 Å². The number of ether oxygens (including phenoxy) is 1. The molecule has 4 rings (SSSR count). The molecule has 4 heterocycles. The molecule has 0 spiro atoms. The van der Waals surface area contributed by atoms with Gasteiger partial charge >= 0.3 is 5.97 Å². The summed E-state index contributed by atoms with van der Waals surface area (Å²) in [6, 6.07) is 3.61. The molecule has 1 aliphatic heterocycles. The number of esters is 1. The molecule has 0 unspecified atom stereocenters. The second-order valence-corrected chi connectivity index (χ2v) is 7.56. The fourth-order valence-electron chi connectivity index (χ4n) is 3.69. The first-order valence-corrected chi connectivity index (χ1v) is 9.41. The predicted octanol–water partition coefficient (Wildman–Crippen LogP) is 0.955. The van der Waals surface area contributed by atoms with E-state index in [9.17, 15) is 9.90 Å². The van der Waals surface area contributed by atoms with Crippen LogP contribution in [0.3, 0.4) is 0 Å². The van der Waals surface area contributed by atoms with E-state index in [1.54, 1.807) is 13.2 Å². The van der Waals surface area contributed by atoms with Crippen LogP contribution in [0.25, 0.3) is 4.96 Å². The number of aromatic nitrogens is 3. The van der Waals surface area contributed by atoms with E-state index in [1.807, 2.05) is 12.1 Å². The quantitative estimate of drug-likeness (QED) is 0.658. The molecule has 138 valence electrons. The van der Waals surface area contributed by atoms with Gasteiger partial charge in [0.2, 0.25) is 10.8 Å². The van der Waals surface area contributed by atoms with Crippen LogP contribution in [0.1, 0.15) is 35.3 Å². The fraction of sp³-hybridized carbons (Fsp3) is 0.471. The zero-order chi connectivity index (χ0) is 18.3. The molecule has 1 saturated heterocycles. The van der Waals surface area contributed by atoms with E-state index < -0.39 is 0 Å². The van der Waals surface area contributed by atoms with Gasteiger partial charge in [-0.2, -0.15) is 4.52 Å². The van der Waals surface area contributed by atoms with Crippen molar-refractivity contribution in [3.8, 4) is 5.88 Å². The third kappa shape index (κ3) is 2.86. The topological polar surface area (TPSA) is 94.3 Å². The molecule has 26 heavy (non-hydrogen) atoms. The summed E-state index contributed by atoms with van der Waals surface area (Å²) in [5.41, 5.74) is 0. The summed E-state index contributed by atoms with van der Waals surface area (Å²) < 4.78 is 12.0. The van der Waals surface area contributed by atoms with Crippen LogP contribution in [0.2, 0.25) is 0 Å². The van der Waals surface area contributed by atoms with E-state index in [0.717, 1.165) is 36.6 Å². The molecular formula is C17H21N4O4S+. The molecule has 1 fully saturated rings. The Morgan fingerprint density at radius 1 is 1.50 bits per heavy atom. The molecular weight excluding hydrogens is 356 g/mol. The molecule has 0 saturated carbocycles. The largest absolute Gasteiger partial charge is 0.492 e. The van der Waals surface area contributed by atoms with Crippen LogP contribution in [0.4, 0.5) is 0 Å². The Bertz CT molecular complexity index is 909.